The van der Waals surface area contributed by atoms with Gasteiger partial charge in [0.2, 0.25) is 5.91 Å². The number of carboxylic acids is 1. The minimum Gasteiger partial charge on any atom is -0.478 e. The number of carbonyl (C=O) groups excluding carboxylic acids is 1. The summed E-state index contributed by atoms with van der Waals surface area (Å²) in [5, 5.41) is 12.3. The molecule has 0 unspecified atom stereocenters. The number of nitrogens with one attached hydrogen (secondary N) is 1. The van der Waals surface area contributed by atoms with E-state index in [1.165, 1.54) is 6.92 Å². The first kappa shape index (κ1) is 14.3. The van der Waals surface area contributed by atoms with Gasteiger partial charge in [-0.1, -0.05) is 38.1 Å². The van der Waals surface area contributed by atoms with Crippen LogP contribution in [0.15, 0.2) is 29.8 Å². The van der Waals surface area contributed by atoms with E-state index in [9.17, 15) is 14.7 Å². The van der Waals surface area contributed by atoms with Crippen molar-refractivity contribution in [1.82, 2.24) is 5.32 Å². The second-order valence-corrected chi connectivity index (χ2v) is 5.49. The lowest BCUT2D eigenvalue weighted by Crippen LogP contribution is -2.32. The maximum atomic E-state index is 11.7. The molecule has 0 spiro atoms. The first-order valence-corrected chi connectivity index (χ1v) is 6.75. The molecule has 1 aliphatic carbocycles. The van der Waals surface area contributed by atoms with Crippen LogP contribution >= 0.6 is 0 Å². The van der Waals surface area contributed by atoms with Crippen molar-refractivity contribution < 1.29 is 14.7 Å². The van der Waals surface area contributed by atoms with E-state index in [-0.39, 0.29) is 17.7 Å². The van der Waals surface area contributed by atoms with Gasteiger partial charge < -0.3 is 10.4 Å². The molecule has 20 heavy (non-hydrogen) atoms. The molecule has 0 fully saturated rings. The molecule has 4 nitrogen and oxygen atoms in total. The molecule has 0 radical (unpaired) electrons. The third-order valence-electron chi connectivity index (χ3n) is 3.70. The summed E-state index contributed by atoms with van der Waals surface area (Å²) in [6.07, 6.45) is 0.693. The largest absolute Gasteiger partial charge is 0.478 e. The Morgan fingerprint density at radius 1 is 1.30 bits per heavy atom. The van der Waals surface area contributed by atoms with Crippen LogP contribution in [-0.2, 0) is 16.0 Å². The molecule has 0 saturated carbocycles. The summed E-state index contributed by atoms with van der Waals surface area (Å²) in [5.74, 6) is -1.11. The van der Waals surface area contributed by atoms with E-state index >= 15 is 0 Å². The van der Waals surface area contributed by atoms with Crippen LogP contribution in [0.3, 0.4) is 0 Å². The highest BCUT2D eigenvalue weighted by Gasteiger charge is 2.33. The van der Waals surface area contributed by atoms with E-state index in [0.29, 0.717) is 17.7 Å². The van der Waals surface area contributed by atoms with Gasteiger partial charge in [-0.15, -0.1) is 0 Å². The molecular weight excluding hydrogens is 254 g/mol. The molecule has 1 aromatic rings. The monoisotopic (exact) mass is 273 g/mol. The normalized spacial score (nSPS) is 17.9. The minimum absolute atomic E-state index is 0.0933. The molecule has 1 aliphatic rings. The topological polar surface area (TPSA) is 66.4 Å². The Morgan fingerprint density at radius 2 is 1.95 bits per heavy atom. The summed E-state index contributed by atoms with van der Waals surface area (Å²) < 4.78 is 0. The number of carbonyl (C=O) groups is 2. The van der Waals surface area contributed by atoms with E-state index in [2.05, 4.69) is 5.32 Å². The van der Waals surface area contributed by atoms with Gasteiger partial charge >= 0.3 is 5.97 Å². The van der Waals surface area contributed by atoms with Crippen molar-refractivity contribution in [1.29, 1.82) is 0 Å². The summed E-state index contributed by atoms with van der Waals surface area (Å²) >= 11 is 0. The number of fused-ring (bicyclic) bond motifs is 1. The molecule has 0 heterocycles. The van der Waals surface area contributed by atoms with Crippen LogP contribution in [0.25, 0.3) is 5.70 Å². The first-order valence-electron chi connectivity index (χ1n) is 6.75. The Kier molecular flexibility index (Phi) is 3.93. The second-order valence-electron chi connectivity index (χ2n) is 5.49. The van der Waals surface area contributed by atoms with E-state index in [1.807, 2.05) is 38.1 Å². The van der Waals surface area contributed by atoms with Gasteiger partial charge in [-0.3, -0.25) is 4.79 Å². The van der Waals surface area contributed by atoms with Crippen molar-refractivity contribution in [2.75, 3.05) is 0 Å². The number of amides is 1. The summed E-state index contributed by atoms with van der Waals surface area (Å²) in [7, 11) is 0. The Balaban J connectivity index is 2.66. The predicted octanol–water partition coefficient (Wildman–Crippen LogP) is 2.45. The highest BCUT2D eigenvalue weighted by atomic mass is 16.4. The molecule has 1 atom stereocenters. The van der Waals surface area contributed by atoms with Crippen LogP contribution in [0, 0.1) is 11.8 Å². The van der Waals surface area contributed by atoms with Gasteiger partial charge in [-0.25, -0.2) is 4.79 Å². The molecule has 4 heteroatoms. The average Bonchev–Trinajstić information content (AvgIpc) is 2.37. The van der Waals surface area contributed by atoms with Crippen LogP contribution in [0.5, 0.6) is 0 Å². The fourth-order valence-corrected chi connectivity index (χ4v) is 2.76. The van der Waals surface area contributed by atoms with E-state index in [0.717, 1.165) is 11.1 Å². The average molecular weight is 273 g/mol. The van der Waals surface area contributed by atoms with Crippen LogP contribution in [0.1, 0.15) is 31.9 Å². The molecule has 0 aromatic heterocycles. The predicted molar refractivity (Wildman–Crippen MR) is 76.8 cm³/mol. The van der Waals surface area contributed by atoms with Crippen LogP contribution in [-0.4, -0.2) is 17.0 Å². The lowest BCUT2D eigenvalue weighted by molar-refractivity contribution is -0.133. The molecule has 0 bridgehead atoms. The van der Waals surface area contributed by atoms with Crippen molar-refractivity contribution in [2.45, 2.75) is 27.2 Å². The summed E-state index contributed by atoms with van der Waals surface area (Å²) in [5.41, 5.74) is 2.66. The Morgan fingerprint density at radius 3 is 2.50 bits per heavy atom. The van der Waals surface area contributed by atoms with Crippen molar-refractivity contribution in [2.24, 2.45) is 11.8 Å². The van der Waals surface area contributed by atoms with E-state index < -0.39 is 5.97 Å². The number of hydrogen-bond donors (Lipinski definition) is 2. The molecule has 2 rings (SSSR count). The van der Waals surface area contributed by atoms with Crippen molar-refractivity contribution in [3.8, 4) is 0 Å². The van der Waals surface area contributed by atoms with Gasteiger partial charge in [0.1, 0.15) is 0 Å². The van der Waals surface area contributed by atoms with Crippen LogP contribution < -0.4 is 5.32 Å². The lowest BCUT2D eigenvalue weighted by atomic mass is 9.76. The third-order valence-corrected chi connectivity index (χ3v) is 3.70. The lowest BCUT2D eigenvalue weighted by Gasteiger charge is -2.30. The maximum Gasteiger partial charge on any atom is 0.334 e. The van der Waals surface area contributed by atoms with Gasteiger partial charge in [0, 0.05) is 12.5 Å². The first-order chi connectivity index (χ1) is 9.41. The maximum absolute atomic E-state index is 11.7. The van der Waals surface area contributed by atoms with Crippen molar-refractivity contribution in [3.63, 3.8) is 0 Å². The van der Waals surface area contributed by atoms with Crippen molar-refractivity contribution in [3.05, 3.63) is 41.0 Å². The number of carboxylic acid groups (broad SMARTS) is 1. The number of rotatable bonds is 3. The number of aliphatic carboxylic acids is 1. The molecule has 106 valence electrons. The van der Waals surface area contributed by atoms with Crippen LogP contribution in [0.2, 0.25) is 0 Å². The summed E-state index contributed by atoms with van der Waals surface area (Å²) in [6, 6.07) is 7.65. The molecule has 1 aromatic carbocycles. The summed E-state index contributed by atoms with van der Waals surface area (Å²) in [4.78, 5) is 23.1. The van der Waals surface area contributed by atoms with Gasteiger partial charge in [0.15, 0.2) is 0 Å². The van der Waals surface area contributed by atoms with Crippen molar-refractivity contribution >= 4 is 17.6 Å². The quantitative estimate of drug-likeness (QED) is 0.889. The SMILES string of the molecule is CC(=O)NC1=C(C(=O)O)[C@H](C(C)C)Cc2ccccc21. The molecule has 2 N–H and O–H groups in total. The van der Waals surface area contributed by atoms with E-state index in [1.54, 1.807) is 0 Å². The standard InChI is InChI=1S/C16H19NO3/c1-9(2)13-8-11-6-4-5-7-12(11)15(17-10(3)18)14(13)16(19)20/h4-7,9,13H,8H2,1-3H3,(H,17,18)(H,19,20)/t13-/m0/s1. The van der Waals surface area contributed by atoms with E-state index in [4.69, 9.17) is 0 Å². The Bertz CT molecular complexity index is 587. The molecule has 0 aliphatic heterocycles. The van der Waals surface area contributed by atoms with Gasteiger partial charge in [-0.2, -0.15) is 0 Å². The van der Waals surface area contributed by atoms with Crippen LogP contribution in [0.4, 0.5) is 0 Å². The zero-order chi connectivity index (χ0) is 14.9. The minimum atomic E-state index is -0.957. The number of hydrogen-bond acceptors (Lipinski definition) is 2. The van der Waals surface area contributed by atoms with Gasteiger partial charge in [0.25, 0.3) is 0 Å². The Labute approximate surface area is 118 Å². The molecule has 0 saturated heterocycles. The fraction of sp³-hybridized carbons (Fsp3) is 0.375. The smallest absolute Gasteiger partial charge is 0.334 e. The Hall–Kier alpha value is -2.10. The highest BCUT2D eigenvalue weighted by Crippen LogP contribution is 2.37. The third kappa shape index (κ3) is 2.59. The highest BCUT2D eigenvalue weighted by molar-refractivity contribution is 6.01. The van der Waals surface area contributed by atoms with Gasteiger partial charge in [0.05, 0.1) is 11.3 Å². The fourth-order valence-electron chi connectivity index (χ4n) is 2.76. The number of benzene rings is 1. The molecular formula is C16H19NO3. The molecule has 1 amide bonds. The summed E-state index contributed by atoms with van der Waals surface area (Å²) in [6.45, 7) is 5.41. The van der Waals surface area contributed by atoms with Gasteiger partial charge in [-0.05, 0) is 23.8 Å². The second kappa shape index (κ2) is 5.49. The zero-order valence-electron chi connectivity index (χ0n) is 11.9. The zero-order valence-corrected chi connectivity index (χ0v) is 11.9.